The fraction of sp³-hybridized carbons (Fsp3) is 0.647. The minimum Gasteiger partial charge on any atom is -0.326 e. The highest BCUT2D eigenvalue weighted by Crippen LogP contribution is 2.32. The largest absolute Gasteiger partial charge is 0.326 e. The normalized spacial score (nSPS) is 22.0. The molecule has 116 valence electrons. The first-order chi connectivity index (χ1) is 10.2. The summed E-state index contributed by atoms with van der Waals surface area (Å²) in [5, 5.41) is 2.94. The molecule has 4 nitrogen and oxygen atoms in total. The Morgan fingerprint density at radius 3 is 2.81 bits per heavy atom. The van der Waals surface area contributed by atoms with E-state index in [1.54, 1.807) is 6.20 Å². The van der Waals surface area contributed by atoms with Crippen molar-refractivity contribution in [3.05, 3.63) is 23.9 Å². The van der Waals surface area contributed by atoms with Crippen LogP contribution in [0.5, 0.6) is 0 Å². The van der Waals surface area contributed by atoms with Gasteiger partial charge in [-0.15, -0.1) is 0 Å². The second kappa shape index (κ2) is 8.13. The predicted molar refractivity (Wildman–Crippen MR) is 85.7 cm³/mol. The standard InChI is InChI=1S/C17H27N3O/c1-2-3-4-13-5-7-15(8-6-13)17(21)20-16-11-14(12-18)9-10-19-16/h9-11,13,15H,2-8,12,18H2,1H3,(H,19,20,21). The molecular weight excluding hydrogens is 262 g/mol. The molecule has 1 aromatic rings. The quantitative estimate of drug-likeness (QED) is 0.842. The van der Waals surface area contributed by atoms with E-state index >= 15 is 0 Å². The lowest BCUT2D eigenvalue weighted by atomic mass is 9.79. The van der Waals surface area contributed by atoms with Crippen molar-refractivity contribution in [2.75, 3.05) is 5.32 Å². The molecule has 1 saturated carbocycles. The number of unbranched alkanes of at least 4 members (excludes halogenated alkanes) is 1. The Bertz CT molecular complexity index is 453. The first-order valence-electron chi connectivity index (χ1n) is 8.18. The number of hydrogen-bond acceptors (Lipinski definition) is 3. The van der Waals surface area contributed by atoms with E-state index < -0.39 is 0 Å². The van der Waals surface area contributed by atoms with Crippen LogP contribution in [0.15, 0.2) is 18.3 Å². The zero-order valence-electron chi connectivity index (χ0n) is 13.0. The zero-order valence-corrected chi connectivity index (χ0v) is 13.0. The van der Waals surface area contributed by atoms with E-state index in [1.807, 2.05) is 12.1 Å². The Morgan fingerprint density at radius 2 is 2.14 bits per heavy atom. The molecule has 0 atom stereocenters. The number of rotatable bonds is 6. The summed E-state index contributed by atoms with van der Waals surface area (Å²) in [5.74, 6) is 1.71. The molecule has 1 amide bonds. The summed E-state index contributed by atoms with van der Waals surface area (Å²) in [4.78, 5) is 16.5. The van der Waals surface area contributed by atoms with Crippen LogP contribution < -0.4 is 11.1 Å². The van der Waals surface area contributed by atoms with Crippen LogP contribution in [0.1, 0.15) is 57.4 Å². The van der Waals surface area contributed by atoms with Gasteiger partial charge in [-0.25, -0.2) is 4.98 Å². The monoisotopic (exact) mass is 289 g/mol. The number of nitrogens with zero attached hydrogens (tertiary/aromatic N) is 1. The maximum absolute atomic E-state index is 12.3. The van der Waals surface area contributed by atoms with Crippen molar-refractivity contribution >= 4 is 11.7 Å². The third-order valence-corrected chi connectivity index (χ3v) is 4.49. The third kappa shape index (κ3) is 4.81. The van der Waals surface area contributed by atoms with Crippen molar-refractivity contribution in [2.45, 2.75) is 58.4 Å². The van der Waals surface area contributed by atoms with E-state index in [0.29, 0.717) is 12.4 Å². The smallest absolute Gasteiger partial charge is 0.228 e. The molecule has 0 bridgehead atoms. The van der Waals surface area contributed by atoms with Crippen LogP contribution in [0.3, 0.4) is 0 Å². The molecule has 1 fully saturated rings. The molecular formula is C17H27N3O. The lowest BCUT2D eigenvalue weighted by molar-refractivity contribution is -0.121. The molecule has 0 spiro atoms. The molecule has 21 heavy (non-hydrogen) atoms. The van der Waals surface area contributed by atoms with Crippen LogP contribution >= 0.6 is 0 Å². The molecule has 0 aromatic carbocycles. The van der Waals surface area contributed by atoms with E-state index in [4.69, 9.17) is 5.73 Å². The molecule has 2 rings (SSSR count). The first kappa shape index (κ1) is 16.0. The van der Waals surface area contributed by atoms with Crippen LogP contribution in [0.25, 0.3) is 0 Å². The van der Waals surface area contributed by atoms with Gasteiger partial charge in [0.05, 0.1) is 0 Å². The Balaban J connectivity index is 1.81. The lowest BCUT2D eigenvalue weighted by Crippen LogP contribution is -2.27. The number of nitrogens with two attached hydrogens (primary N) is 1. The first-order valence-corrected chi connectivity index (χ1v) is 8.18. The maximum Gasteiger partial charge on any atom is 0.228 e. The van der Waals surface area contributed by atoms with Gasteiger partial charge in [0.15, 0.2) is 0 Å². The van der Waals surface area contributed by atoms with Gasteiger partial charge in [0, 0.05) is 18.7 Å². The van der Waals surface area contributed by atoms with E-state index in [-0.39, 0.29) is 11.8 Å². The number of amides is 1. The fourth-order valence-electron chi connectivity index (χ4n) is 3.10. The van der Waals surface area contributed by atoms with Crippen LogP contribution in [0.4, 0.5) is 5.82 Å². The summed E-state index contributed by atoms with van der Waals surface area (Å²) < 4.78 is 0. The van der Waals surface area contributed by atoms with Gasteiger partial charge < -0.3 is 11.1 Å². The molecule has 1 aromatic heterocycles. The second-order valence-electron chi connectivity index (χ2n) is 6.10. The topological polar surface area (TPSA) is 68.0 Å². The van der Waals surface area contributed by atoms with E-state index in [0.717, 1.165) is 24.3 Å². The summed E-state index contributed by atoms with van der Waals surface area (Å²) in [6.07, 6.45) is 10.0. The van der Waals surface area contributed by atoms with Crippen LogP contribution in [-0.2, 0) is 11.3 Å². The van der Waals surface area contributed by atoms with Crippen molar-refractivity contribution in [2.24, 2.45) is 17.6 Å². The molecule has 1 aliphatic carbocycles. The SMILES string of the molecule is CCCCC1CCC(C(=O)Nc2cc(CN)ccn2)CC1. The molecule has 0 unspecified atom stereocenters. The predicted octanol–water partition coefficient (Wildman–Crippen LogP) is 3.48. The zero-order chi connectivity index (χ0) is 15.1. The summed E-state index contributed by atoms with van der Waals surface area (Å²) in [6, 6.07) is 3.72. The Morgan fingerprint density at radius 1 is 1.38 bits per heavy atom. The minimum atomic E-state index is 0.116. The summed E-state index contributed by atoms with van der Waals surface area (Å²) in [7, 11) is 0. The van der Waals surface area contributed by atoms with E-state index in [9.17, 15) is 4.79 Å². The summed E-state index contributed by atoms with van der Waals surface area (Å²) in [5.41, 5.74) is 6.60. The molecule has 1 heterocycles. The Kier molecular flexibility index (Phi) is 6.18. The lowest BCUT2D eigenvalue weighted by Gasteiger charge is -2.27. The summed E-state index contributed by atoms with van der Waals surface area (Å²) >= 11 is 0. The second-order valence-corrected chi connectivity index (χ2v) is 6.10. The van der Waals surface area contributed by atoms with Gasteiger partial charge in [0.2, 0.25) is 5.91 Å². The van der Waals surface area contributed by atoms with Gasteiger partial charge >= 0.3 is 0 Å². The molecule has 0 radical (unpaired) electrons. The van der Waals surface area contributed by atoms with E-state index in [2.05, 4.69) is 17.2 Å². The number of nitrogens with one attached hydrogen (secondary N) is 1. The van der Waals surface area contributed by atoms with Gasteiger partial charge in [-0.1, -0.05) is 26.2 Å². The van der Waals surface area contributed by atoms with Crippen LogP contribution in [0.2, 0.25) is 0 Å². The minimum absolute atomic E-state index is 0.116. The maximum atomic E-state index is 12.3. The van der Waals surface area contributed by atoms with Crippen molar-refractivity contribution < 1.29 is 4.79 Å². The van der Waals surface area contributed by atoms with Gasteiger partial charge in [-0.2, -0.15) is 0 Å². The average Bonchev–Trinajstić information content (AvgIpc) is 2.53. The third-order valence-electron chi connectivity index (χ3n) is 4.49. The van der Waals surface area contributed by atoms with E-state index in [1.165, 1.54) is 32.1 Å². The Labute approximate surface area is 127 Å². The van der Waals surface area contributed by atoms with Crippen LogP contribution in [0, 0.1) is 11.8 Å². The number of carbonyl (C=O) groups excluding carboxylic acids is 1. The van der Waals surface area contributed by atoms with Gasteiger partial charge in [0.25, 0.3) is 0 Å². The number of anilines is 1. The van der Waals surface area contributed by atoms with Crippen molar-refractivity contribution in [3.8, 4) is 0 Å². The molecule has 0 saturated heterocycles. The highest BCUT2D eigenvalue weighted by atomic mass is 16.1. The van der Waals surface area contributed by atoms with Gasteiger partial charge in [-0.3, -0.25) is 4.79 Å². The van der Waals surface area contributed by atoms with Gasteiger partial charge in [-0.05, 0) is 49.3 Å². The number of pyridine rings is 1. The fourth-order valence-corrected chi connectivity index (χ4v) is 3.10. The summed E-state index contributed by atoms with van der Waals surface area (Å²) in [6.45, 7) is 2.70. The molecule has 1 aliphatic rings. The van der Waals surface area contributed by atoms with Crippen molar-refractivity contribution in [1.29, 1.82) is 0 Å². The van der Waals surface area contributed by atoms with Crippen molar-refractivity contribution in [1.82, 2.24) is 4.98 Å². The number of aromatic nitrogens is 1. The number of hydrogen-bond donors (Lipinski definition) is 2. The van der Waals surface area contributed by atoms with Crippen LogP contribution in [-0.4, -0.2) is 10.9 Å². The highest BCUT2D eigenvalue weighted by Gasteiger charge is 2.26. The Hall–Kier alpha value is -1.42. The molecule has 3 N–H and O–H groups in total. The molecule has 4 heteroatoms. The van der Waals surface area contributed by atoms with Gasteiger partial charge in [0.1, 0.15) is 5.82 Å². The molecule has 0 aliphatic heterocycles. The number of carbonyl (C=O) groups is 1. The average molecular weight is 289 g/mol. The van der Waals surface area contributed by atoms with Crippen molar-refractivity contribution in [3.63, 3.8) is 0 Å². The highest BCUT2D eigenvalue weighted by molar-refractivity contribution is 5.91.